The largest absolute Gasteiger partial charge is 0.337 e. The molecule has 0 bridgehead atoms. The highest BCUT2D eigenvalue weighted by Gasteiger charge is 2.25. The zero-order valence-electron chi connectivity index (χ0n) is 10.2. The predicted molar refractivity (Wildman–Crippen MR) is 63.8 cm³/mol. The van der Waals surface area contributed by atoms with Crippen LogP contribution in [0.5, 0.6) is 0 Å². The number of carbonyl (C=O) groups excluding carboxylic acids is 1. The van der Waals surface area contributed by atoms with Gasteiger partial charge in [0.25, 0.3) is 11.5 Å². The Labute approximate surface area is 100 Å². The van der Waals surface area contributed by atoms with Gasteiger partial charge >= 0.3 is 0 Å². The van der Waals surface area contributed by atoms with E-state index in [0.717, 1.165) is 12.8 Å². The van der Waals surface area contributed by atoms with Crippen molar-refractivity contribution < 1.29 is 4.79 Å². The lowest BCUT2D eigenvalue weighted by Gasteiger charge is -2.23. The molecule has 1 aliphatic rings. The van der Waals surface area contributed by atoms with E-state index >= 15 is 0 Å². The van der Waals surface area contributed by atoms with Crippen LogP contribution < -0.4 is 5.56 Å². The molecule has 1 aliphatic carbocycles. The van der Waals surface area contributed by atoms with Crippen LogP contribution in [0, 0.1) is 0 Å². The summed E-state index contributed by atoms with van der Waals surface area (Å²) in [5.41, 5.74) is 0.131. The van der Waals surface area contributed by atoms with Gasteiger partial charge in [-0.3, -0.25) is 9.59 Å². The van der Waals surface area contributed by atoms with E-state index in [0.29, 0.717) is 11.7 Å². The van der Waals surface area contributed by atoms with Crippen molar-refractivity contribution in [1.82, 2.24) is 14.7 Å². The molecular formula is C12H17N3O2. The maximum Gasteiger partial charge on any atom is 0.274 e. The normalized spacial score (nSPS) is 16.1. The number of hydrogen-bond acceptors (Lipinski definition) is 3. The second kappa shape index (κ2) is 4.69. The second-order valence-corrected chi connectivity index (χ2v) is 4.53. The average Bonchev–Trinajstić information content (AvgIpc) is 2.84. The van der Waals surface area contributed by atoms with Crippen LogP contribution in [0.1, 0.15) is 36.2 Å². The molecule has 0 aromatic carbocycles. The third-order valence-electron chi connectivity index (χ3n) is 3.37. The Bertz CT molecular complexity index is 475. The first-order valence-corrected chi connectivity index (χ1v) is 5.91. The lowest BCUT2D eigenvalue weighted by atomic mass is 10.2. The average molecular weight is 235 g/mol. The molecule has 5 heteroatoms. The smallest absolute Gasteiger partial charge is 0.274 e. The molecule has 17 heavy (non-hydrogen) atoms. The van der Waals surface area contributed by atoms with Crippen molar-refractivity contribution in [2.45, 2.75) is 31.7 Å². The zero-order valence-corrected chi connectivity index (χ0v) is 10.2. The molecule has 0 unspecified atom stereocenters. The summed E-state index contributed by atoms with van der Waals surface area (Å²) in [6, 6.07) is 3.19. The van der Waals surface area contributed by atoms with Crippen molar-refractivity contribution in [3.8, 4) is 0 Å². The summed E-state index contributed by atoms with van der Waals surface area (Å²) in [7, 11) is 3.36. The maximum atomic E-state index is 12.1. The number of aromatic nitrogens is 2. The van der Waals surface area contributed by atoms with Gasteiger partial charge < -0.3 is 4.90 Å². The summed E-state index contributed by atoms with van der Waals surface area (Å²) in [6.45, 7) is 0. The minimum Gasteiger partial charge on any atom is -0.337 e. The van der Waals surface area contributed by atoms with E-state index < -0.39 is 0 Å². The van der Waals surface area contributed by atoms with Gasteiger partial charge in [0.15, 0.2) is 0 Å². The molecule has 0 saturated heterocycles. The molecule has 0 spiro atoms. The Kier molecular flexibility index (Phi) is 3.26. The summed E-state index contributed by atoms with van der Waals surface area (Å²) >= 11 is 0. The lowest BCUT2D eigenvalue weighted by Crippen LogP contribution is -2.36. The molecule has 1 heterocycles. The molecule has 1 aromatic heterocycles. The maximum absolute atomic E-state index is 12.1. The topological polar surface area (TPSA) is 55.2 Å². The highest BCUT2D eigenvalue weighted by molar-refractivity contribution is 5.92. The molecule has 1 fully saturated rings. The van der Waals surface area contributed by atoms with Crippen LogP contribution in [-0.4, -0.2) is 33.7 Å². The molecule has 5 nitrogen and oxygen atoms in total. The molecule has 92 valence electrons. The van der Waals surface area contributed by atoms with E-state index in [1.54, 1.807) is 11.9 Å². The van der Waals surface area contributed by atoms with Crippen molar-refractivity contribution in [3.63, 3.8) is 0 Å². The molecule has 1 aromatic rings. The van der Waals surface area contributed by atoms with Gasteiger partial charge in [-0.25, -0.2) is 4.68 Å². The Morgan fingerprint density at radius 1 is 1.41 bits per heavy atom. The fraction of sp³-hybridized carbons (Fsp3) is 0.583. The third kappa shape index (κ3) is 2.38. The third-order valence-corrected chi connectivity index (χ3v) is 3.37. The van der Waals surface area contributed by atoms with Crippen LogP contribution >= 0.6 is 0 Å². The summed E-state index contributed by atoms with van der Waals surface area (Å²) < 4.78 is 1.19. The molecule has 0 atom stereocenters. The Morgan fingerprint density at radius 3 is 2.65 bits per heavy atom. The van der Waals surface area contributed by atoms with Crippen LogP contribution in [0.4, 0.5) is 0 Å². The first kappa shape index (κ1) is 11.8. The van der Waals surface area contributed by atoms with E-state index in [1.807, 2.05) is 7.05 Å². The van der Waals surface area contributed by atoms with Gasteiger partial charge in [0.1, 0.15) is 5.69 Å². The molecule has 1 amide bonds. The molecular weight excluding hydrogens is 218 g/mol. The highest BCUT2D eigenvalue weighted by Crippen LogP contribution is 2.23. The molecule has 0 N–H and O–H groups in total. The van der Waals surface area contributed by atoms with Gasteiger partial charge in [-0.1, -0.05) is 12.8 Å². The first-order chi connectivity index (χ1) is 8.09. The number of aryl methyl sites for hydroxylation is 1. The van der Waals surface area contributed by atoms with E-state index in [2.05, 4.69) is 5.10 Å². The van der Waals surface area contributed by atoms with Crippen molar-refractivity contribution in [2.24, 2.45) is 7.05 Å². The minimum absolute atomic E-state index is 0.104. The summed E-state index contributed by atoms with van der Waals surface area (Å²) in [6.07, 6.45) is 4.49. The number of rotatable bonds is 2. The fourth-order valence-corrected chi connectivity index (χ4v) is 2.25. The number of nitrogens with zero attached hydrogens (tertiary/aromatic N) is 3. The molecule has 1 saturated carbocycles. The Hall–Kier alpha value is -1.65. The first-order valence-electron chi connectivity index (χ1n) is 5.91. The van der Waals surface area contributed by atoms with E-state index in [9.17, 15) is 9.59 Å². The quantitative estimate of drug-likeness (QED) is 0.761. The van der Waals surface area contributed by atoms with Gasteiger partial charge in [-0.15, -0.1) is 0 Å². The van der Waals surface area contributed by atoms with Gasteiger partial charge in [0.05, 0.1) is 0 Å². The van der Waals surface area contributed by atoms with Crippen LogP contribution in [0.3, 0.4) is 0 Å². The fourth-order valence-electron chi connectivity index (χ4n) is 2.25. The van der Waals surface area contributed by atoms with Gasteiger partial charge in [0, 0.05) is 26.2 Å². The minimum atomic E-state index is -0.204. The molecule has 0 radical (unpaired) electrons. The lowest BCUT2D eigenvalue weighted by molar-refractivity contribution is 0.0726. The van der Waals surface area contributed by atoms with Crippen molar-refractivity contribution in [1.29, 1.82) is 0 Å². The monoisotopic (exact) mass is 235 g/mol. The number of carbonyl (C=O) groups is 1. The SMILES string of the molecule is CN(C(=O)c1ccc(=O)n(C)n1)C1CCCC1. The molecule has 2 rings (SSSR count). The van der Waals surface area contributed by atoms with E-state index in [4.69, 9.17) is 0 Å². The van der Waals surface area contributed by atoms with Crippen molar-refractivity contribution >= 4 is 5.91 Å². The summed E-state index contributed by atoms with van der Waals surface area (Å²) in [4.78, 5) is 25.1. The zero-order chi connectivity index (χ0) is 12.4. The van der Waals surface area contributed by atoms with Gasteiger partial charge in [-0.2, -0.15) is 5.10 Å². The summed E-state index contributed by atoms with van der Waals surface area (Å²) in [5.74, 6) is -0.104. The van der Waals surface area contributed by atoms with E-state index in [1.165, 1.54) is 29.7 Å². The number of amides is 1. The predicted octanol–water partition coefficient (Wildman–Crippen LogP) is 0.795. The van der Waals surface area contributed by atoms with Crippen molar-refractivity contribution in [2.75, 3.05) is 7.05 Å². The van der Waals surface area contributed by atoms with Crippen LogP contribution in [0.25, 0.3) is 0 Å². The van der Waals surface area contributed by atoms with E-state index in [-0.39, 0.29) is 11.5 Å². The van der Waals surface area contributed by atoms with Gasteiger partial charge in [0.2, 0.25) is 0 Å². The van der Waals surface area contributed by atoms with Crippen LogP contribution in [-0.2, 0) is 7.05 Å². The van der Waals surface area contributed by atoms with Crippen LogP contribution in [0.15, 0.2) is 16.9 Å². The second-order valence-electron chi connectivity index (χ2n) is 4.53. The summed E-state index contributed by atoms with van der Waals surface area (Å²) in [5, 5.41) is 3.98. The Morgan fingerprint density at radius 2 is 2.06 bits per heavy atom. The number of hydrogen-bond donors (Lipinski definition) is 0. The van der Waals surface area contributed by atoms with Crippen LogP contribution in [0.2, 0.25) is 0 Å². The van der Waals surface area contributed by atoms with Gasteiger partial charge in [-0.05, 0) is 18.9 Å². The standard InChI is InChI=1S/C12H17N3O2/c1-14(9-5-3-4-6-9)12(17)10-7-8-11(16)15(2)13-10/h7-9H,3-6H2,1-2H3. The molecule has 0 aliphatic heterocycles. The Balaban J connectivity index is 2.18. The van der Waals surface area contributed by atoms with Crippen molar-refractivity contribution in [3.05, 3.63) is 28.2 Å². The highest BCUT2D eigenvalue weighted by atomic mass is 16.2.